The number of piperazine rings is 1. The minimum absolute atomic E-state index is 0.125. The van der Waals surface area contributed by atoms with Gasteiger partial charge in [-0.2, -0.15) is 4.31 Å². The molecular weight excluding hydrogens is 368 g/mol. The lowest BCUT2D eigenvalue weighted by Crippen LogP contribution is -2.48. The first-order chi connectivity index (χ1) is 12.2. The first-order valence-electron chi connectivity index (χ1n) is 8.80. The molecule has 1 heterocycles. The fourth-order valence-electron chi connectivity index (χ4n) is 3.15. The van der Waals surface area contributed by atoms with Crippen molar-refractivity contribution in [2.45, 2.75) is 31.1 Å². The van der Waals surface area contributed by atoms with E-state index in [0.717, 1.165) is 5.69 Å². The smallest absolute Gasteiger partial charge is 0.244 e. The monoisotopic (exact) mass is 392 g/mol. The van der Waals surface area contributed by atoms with Gasteiger partial charge in [-0.3, -0.25) is 0 Å². The van der Waals surface area contributed by atoms with Crippen LogP contribution in [0.4, 0.5) is 5.69 Å². The molecule has 0 amide bonds. The van der Waals surface area contributed by atoms with Crippen molar-refractivity contribution in [3.8, 4) is 0 Å². The molecule has 26 heavy (non-hydrogen) atoms. The van der Waals surface area contributed by atoms with Crippen molar-refractivity contribution in [1.82, 2.24) is 4.31 Å². The minimum atomic E-state index is -3.55. The van der Waals surface area contributed by atoms with E-state index >= 15 is 0 Å². The Bertz CT molecular complexity index is 865. The van der Waals surface area contributed by atoms with Crippen LogP contribution in [-0.2, 0) is 15.4 Å². The molecule has 0 atom stereocenters. The van der Waals surface area contributed by atoms with Crippen molar-refractivity contribution < 1.29 is 8.42 Å². The molecule has 1 saturated heterocycles. The second kappa shape index (κ2) is 7.22. The molecule has 0 unspecified atom stereocenters. The summed E-state index contributed by atoms with van der Waals surface area (Å²) >= 11 is 6.09. The second-order valence-electron chi connectivity index (χ2n) is 7.62. The highest BCUT2D eigenvalue weighted by Crippen LogP contribution is 2.28. The largest absolute Gasteiger partial charge is 0.369 e. The molecule has 1 aliphatic rings. The number of nitrogens with zero attached hydrogens (tertiary/aromatic N) is 2. The first-order valence-corrected chi connectivity index (χ1v) is 10.6. The molecule has 0 aliphatic carbocycles. The summed E-state index contributed by atoms with van der Waals surface area (Å²) in [7, 11) is -3.55. The van der Waals surface area contributed by atoms with Gasteiger partial charge in [-0.15, -0.1) is 0 Å². The van der Waals surface area contributed by atoms with Gasteiger partial charge in [-0.25, -0.2) is 8.42 Å². The van der Waals surface area contributed by atoms with Crippen molar-refractivity contribution in [2.75, 3.05) is 31.1 Å². The van der Waals surface area contributed by atoms with E-state index in [9.17, 15) is 8.42 Å². The van der Waals surface area contributed by atoms with Crippen LogP contribution in [-0.4, -0.2) is 38.9 Å². The van der Waals surface area contributed by atoms with E-state index in [0.29, 0.717) is 26.2 Å². The van der Waals surface area contributed by atoms with Crippen molar-refractivity contribution in [3.63, 3.8) is 0 Å². The molecule has 2 aromatic rings. The van der Waals surface area contributed by atoms with Crippen LogP contribution in [0.1, 0.15) is 26.3 Å². The van der Waals surface area contributed by atoms with Gasteiger partial charge in [0.05, 0.1) is 5.02 Å². The second-order valence-corrected chi connectivity index (χ2v) is 9.93. The molecule has 0 saturated carbocycles. The predicted octanol–water partition coefficient (Wildman–Crippen LogP) is 4.15. The average molecular weight is 393 g/mol. The molecule has 140 valence electrons. The van der Waals surface area contributed by atoms with Gasteiger partial charge >= 0.3 is 0 Å². The Balaban J connectivity index is 1.70. The number of hydrogen-bond acceptors (Lipinski definition) is 3. The number of rotatable bonds is 3. The molecule has 0 aromatic heterocycles. The lowest BCUT2D eigenvalue weighted by molar-refractivity contribution is 0.385. The topological polar surface area (TPSA) is 40.6 Å². The maximum absolute atomic E-state index is 12.8. The van der Waals surface area contributed by atoms with Gasteiger partial charge in [0.25, 0.3) is 0 Å². The summed E-state index contributed by atoms with van der Waals surface area (Å²) in [6, 6.07) is 15.2. The zero-order valence-electron chi connectivity index (χ0n) is 15.4. The molecule has 1 fully saturated rings. The molecule has 0 bridgehead atoms. The highest BCUT2D eigenvalue weighted by molar-refractivity contribution is 7.89. The molecular formula is C20H25ClN2O2S. The Kier molecular flexibility index (Phi) is 5.33. The van der Waals surface area contributed by atoms with Gasteiger partial charge in [0.15, 0.2) is 0 Å². The standard InChI is InChI=1S/C20H25ClN2O2S/c1-20(2,3)16-8-10-17(11-9-16)22-12-14-23(15-13-22)26(24,25)19-7-5-4-6-18(19)21/h4-11H,12-15H2,1-3H3. The Hall–Kier alpha value is -1.56. The summed E-state index contributed by atoms with van der Waals surface area (Å²) in [5.41, 5.74) is 2.55. The summed E-state index contributed by atoms with van der Waals surface area (Å²) in [5.74, 6) is 0. The van der Waals surface area contributed by atoms with Crippen molar-refractivity contribution in [3.05, 3.63) is 59.1 Å². The van der Waals surface area contributed by atoms with Gasteiger partial charge in [-0.05, 0) is 35.2 Å². The maximum atomic E-state index is 12.8. The Morgan fingerprint density at radius 3 is 2.00 bits per heavy atom. The fraction of sp³-hybridized carbons (Fsp3) is 0.400. The third kappa shape index (κ3) is 3.90. The first kappa shape index (κ1) is 19.2. The van der Waals surface area contributed by atoms with Gasteiger partial charge in [0, 0.05) is 31.9 Å². The van der Waals surface area contributed by atoms with Crippen LogP contribution in [0.2, 0.25) is 5.02 Å². The van der Waals surface area contributed by atoms with Gasteiger partial charge in [0.2, 0.25) is 10.0 Å². The maximum Gasteiger partial charge on any atom is 0.244 e. The molecule has 0 N–H and O–H groups in total. The lowest BCUT2D eigenvalue weighted by Gasteiger charge is -2.35. The van der Waals surface area contributed by atoms with Crippen molar-refractivity contribution >= 4 is 27.3 Å². The zero-order chi connectivity index (χ0) is 18.9. The predicted molar refractivity (Wildman–Crippen MR) is 108 cm³/mol. The summed E-state index contributed by atoms with van der Waals surface area (Å²) in [5, 5.41) is 0.271. The Morgan fingerprint density at radius 1 is 0.885 bits per heavy atom. The van der Waals surface area contributed by atoms with E-state index in [2.05, 4.69) is 49.9 Å². The molecule has 1 aliphatic heterocycles. The van der Waals surface area contributed by atoms with Crippen molar-refractivity contribution in [2.24, 2.45) is 0 Å². The van der Waals surface area contributed by atoms with Gasteiger partial charge < -0.3 is 4.90 Å². The zero-order valence-corrected chi connectivity index (χ0v) is 17.0. The number of halogens is 1. The third-order valence-corrected chi connectivity index (χ3v) is 7.19. The van der Waals surface area contributed by atoms with E-state index in [4.69, 9.17) is 11.6 Å². The molecule has 6 heteroatoms. The van der Waals surface area contributed by atoms with Crippen LogP contribution in [0.5, 0.6) is 0 Å². The van der Waals surface area contributed by atoms with Crippen molar-refractivity contribution in [1.29, 1.82) is 0 Å². The quantitative estimate of drug-likeness (QED) is 0.787. The van der Waals surface area contributed by atoms with E-state index < -0.39 is 10.0 Å². The Morgan fingerprint density at radius 2 is 1.46 bits per heavy atom. The van der Waals surface area contributed by atoms with E-state index in [1.807, 2.05) is 0 Å². The fourth-order valence-corrected chi connectivity index (χ4v) is 5.07. The molecule has 4 nitrogen and oxygen atoms in total. The van der Waals surface area contributed by atoms with E-state index in [-0.39, 0.29) is 15.3 Å². The van der Waals surface area contributed by atoms with Gasteiger partial charge in [0.1, 0.15) is 4.90 Å². The lowest BCUT2D eigenvalue weighted by atomic mass is 9.87. The minimum Gasteiger partial charge on any atom is -0.369 e. The SMILES string of the molecule is CC(C)(C)c1ccc(N2CCN(S(=O)(=O)c3ccccc3Cl)CC2)cc1. The molecule has 0 spiro atoms. The van der Waals surface area contributed by atoms with Crippen LogP contribution in [0.15, 0.2) is 53.4 Å². The summed E-state index contributed by atoms with van der Waals surface area (Å²) < 4.78 is 27.2. The number of anilines is 1. The van der Waals surface area contributed by atoms with Crippen LogP contribution in [0.25, 0.3) is 0 Å². The summed E-state index contributed by atoms with van der Waals surface area (Å²) in [6.07, 6.45) is 0. The van der Waals surface area contributed by atoms with E-state index in [1.165, 1.54) is 9.87 Å². The number of benzene rings is 2. The normalized spacial score (nSPS) is 16.7. The summed E-state index contributed by atoms with van der Waals surface area (Å²) in [4.78, 5) is 2.41. The molecule has 3 rings (SSSR count). The Labute approximate surface area is 161 Å². The van der Waals surface area contributed by atoms with Gasteiger partial charge in [-0.1, -0.05) is 56.6 Å². The van der Waals surface area contributed by atoms with Crippen LogP contribution < -0.4 is 4.90 Å². The van der Waals surface area contributed by atoms with Crippen LogP contribution >= 0.6 is 11.6 Å². The highest BCUT2D eigenvalue weighted by Gasteiger charge is 2.30. The third-order valence-electron chi connectivity index (χ3n) is 4.79. The average Bonchev–Trinajstić information content (AvgIpc) is 2.61. The molecule has 0 radical (unpaired) electrons. The molecule has 2 aromatic carbocycles. The highest BCUT2D eigenvalue weighted by atomic mass is 35.5. The van der Waals surface area contributed by atoms with E-state index in [1.54, 1.807) is 24.3 Å². The number of hydrogen-bond donors (Lipinski definition) is 0. The van der Waals surface area contributed by atoms with Crippen LogP contribution in [0, 0.1) is 0 Å². The summed E-state index contributed by atoms with van der Waals surface area (Å²) in [6.45, 7) is 8.82. The van der Waals surface area contributed by atoms with Crippen LogP contribution in [0.3, 0.4) is 0 Å². The number of sulfonamides is 1.